The summed E-state index contributed by atoms with van der Waals surface area (Å²) in [5.74, 6) is 0. The van der Waals surface area contributed by atoms with Crippen LogP contribution in [0.5, 0.6) is 0 Å². The van der Waals surface area contributed by atoms with Crippen molar-refractivity contribution in [3.8, 4) is 11.1 Å². The molecule has 0 saturated heterocycles. The Kier molecular flexibility index (Phi) is 13.6. The van der Waals surface area contributed by atoms with Crippen molar-refractivity contribution in [1.82, 2.24) is 0 Å². The molecule has 8 aromatic rings. The average molecular weight is 787 g/mol. The van der Waals surface area contributed by atoms with Crippen LogP contribution >= 0.6 is 0 Å². The number of unbranched alkanes of at least 4 members (excludes halogenated alkanes) is 6. The van der Waals surface area contributed by atoms with Crippen molar-refractivity contribution in [3.05, 3.63) is 193 Å². The monoisotopic (exact) mass is 786 g/mol. The van der Waals surface area contributed by atoms with Gasteiger partial charge in [0.15, 0.2) is 0 Å². The molecule has 0 amide bonds. The fourth-order valence-electron chi connectivity index (χ4n) is 8.76. The first-order chi connectivity index (χ1) is 29.7. The van der Waals surface area contributed by atoms with Crippen LogP contribution < -0.4 is 21.3 Å². The summed E-state index contributed by atoms with van der Waals surface area (Å²) in [5, 5.41) is 5.19. The van der Waals surface area contributed by atoms with Crippen molar-refractivity contribution in [1.29, 1.82) is 0 Å². The summed E-state index contributed by atoms with van der Waals surface area (Å²) in [5.41, 5.74) is 23.6. The van der Waals surface area contributed by atoms with Crippen LogP contribution in [0.4, 0.5) is 34.1 Å². The maximum Gasteiger partial charge on any atom is 0.0540 e. The highest BCUT2D eigenvalue weighted by Gasteiger charge is 2.19. The lowest BCUT2D eigenvalue weighted by atomic mass is 9.97. The molecule has 4 heteroatoms. The molecule has 60 heavy (non-hydrogen) atoms. The van der Waals surface area contributed by atoms with Crippen LogP contribution in [0.15, 0.2) is 182 Å². The van der Waals surface area contributed by atoms with Gasteiger partial charge in [0.1, 0.15) is 0 Å². The summed E-state index contributed by atoms with van der Waals surface area (Å²) in [6.45, 7) is 1.55. The molecule has 0 aliphatic heterocycles. The summed E-state index contributed by atoms with van der Waals surface area (Å²) in [7, 11) is 0. The summed E-state index contributed by atoms with van der Waals surface area (Å²) < 4.78 is 0. The minimum Gasteiger partial charge on any atom is -0.330 e. The van der Waals surface area contributed by atoms with E-state index in [0.717, 1.165) is 61.5 Å². The molecule has 0 aliphatic carbocycles. The molecular weight excluding hydrogens is 729 g/mol. The SMILES string of the molecule is NCCCCCCc1ccc(N(c2ccccc2)c2ccc(-c3ccc(N(c4ccccc4)c4ccc(CCCCCCN)c5ccccc45)cc3)cc2)c2ccccc12. The Morgan fingerprint density at radius 2 is 0.617 bits per heavy atom. The van der Waals surface area contributed by atoms with Gasteiger partial charge in [0.2, 0.25) is 0 Å². The van der Waals surface area contributed by atoms with Crippen molar-refractivity contribution >= 4 is 55.7 Å². The number of hydrogen-bond acceptors (Lipinski definition) is 4. The Morgan fingerprint density at radius 1 is 0.283 bits per heavy atom. The molecule has 0 aliphatic rings. The van der Waals surface area contributed by atoms with Gasteiger partial charge >= 0.3 is 0 Å². The number of nitrogens with two attached hydrogens (primary N) is 2. The highest BCUT2D eigenvalue weighted by atomic mass is 15.1. The van der Waals surface area contributed by atoms with E-state index in [1.54, 1.807) is 0 Å². The van der Waals surface area contributed by atoms with Crippen LogP contribution in [0, 0.1) is 0 Å². The van der Waals surface area contributed by atoms with Gasteiger partial charge in [-0.25, -0.2) is 0 Å². The van der Waals surface area contributed by atoms with Crippen molar-refractivity contribution in [3.63, 3.8) is 0 Å². The summed E-state index contributed by atoms with van der Waals surface area (Å²) in [4.78, 5) is 4.80. The zero-order chi connectivity index (χ0) is 40.9. The van der Waals surface area contributed by atoms with E-state index in [9.17, 15) is 0 Å². The number of benzene rings is 8. The van der Waals surface area contributed by atoms with Crippen molar-refractivity contribution < 1.29 is 0 Å². The smallest absolute Gasteiger partial charge is 0.0540 e. The molecule has 0 fully saturated rings. The highest BCUT2D eigenvalue weighted by Crippen LogP contribution is 2.43. The van der Waals surface area contributed by atoms with Gasteiger partial charge in [-0.2, -0.15) is 0 Å². The van der Waals surface area contributed by atoms with Crippen LogP contribution in [0.25, 0.3) is 32.7 Å². The second-order valence-electron chi connectivity index (χ2n) is 15.9. The number of hydrogen-bond donors (Lipinski definition) is 2. The van der Waals surface area contributed by atoms with Gasteiger partial charge in [-0.3, -0.25) is 0 Å². The third kappa shape index (κ3) is 9.31. The first-order valence-electron chi connectivity index (χ1n) is 22.1. The lowest BCUT2D eigenvalue weighted by Crippen LogP contribution is -2.11. The normalized spacial score (nSPS) is 11.3. The minimum atomic E-state index is 0.776. The zero-order valence-corrected chi connectivity index (χ0v) is 34.9. The Bertz CT molecular complexity index is 2380. The number of fused-ring (bicyclic) bond motifs is 2. The molecule has 0 bridgehead atoms. The Labute approximate surface area is 357 Å². The summed E-state index contributed by atoms with van der Waals surface area (Å²) in [6.07, 6.45) is 11.5. The van der Waals surface area contributed by atoms with Gasteiger partial charge in [0.25, 0.3) is 0 Å². The first-order valence-corrected chi connectivity index (χ1v) is 22.1. The van der Waals surface area contributed by atoms with Crippen LogP contribution in [0.3, 0.4) is 0 Å². The third-order valence-electron chi connectivity index (χ3n) is 11.9. The van der Waals surface area contributed by atoms with E-state index in [4.69, 9.17) is 11.5 Å². The van der Waals surface area contributed by atoms with Crippen molar-refractivity contribution in [2.24, 2.45) is 11.5 Å². The van der Waals surface area contributed by atoms with Gasteiger partial charge in [-0.15, -0.1) is 0 Å². The molecule has 0 radical (unpaired) electrons. The first kappa shape index (κ1) is 40.6. The molecule has 0 saturated carbocycles. The van der Waals surface area contributed by atoms with E-state index in [-0.39, 0.29) is 0 Å². The number of para-hydroxylation sites is 2. The Balaban J connectivity index is 1.09. The molecule has 4 nitrogen and oxygen atoms in total. The fourth-order valence-corrected chi connectivity index (χ4v) is 8.76. The molecule has 0 spiro atoms. The molecular formula is C56H58N4. The Morgan fingerprint density at radius 3 is 1.00 bits per heavy atom. The molecule has 8 aromatic carbocycles. The summed E-state index contributed by atoms with van der Waals surface area (Å²) in [6, 6.07) is 66.7. The second-order valence-corrected chi connectivity index (χ2v) is 15.9. The molecule has 0 atom stereocenters. The largest absolute Gasteiger partial charge is 0.330 e. The third-order valence-corrected chi connectivity index (χ3v) is 11.9. The average Bonchev–Trinajstić information content (AvgIpc) is 3.31. The fraction of sp³-hybridized carbons (Fsp3) is 0.214. The minimum absolute atomic E-state index is 0.776. The van der Waals surface area contributed by atoms with Crippen LogP contribution in [-0.4, -0.2) is 13.1 Å². The van der Waals surface area contributed by atoms with Crippen LogP contribution in [0.2, 0.25) is 0 Å². The molecule has 8 rings (SSSR count). The standard InChI is InChI=1S/C56H58N4/c57-41-17-3-1-7-19-45-33-39-55(53-27-15-13-25-51(45)53)59(47-21-9-5-10-22-47)49-35-29-43(30-36-49)44-31-37-50(38-32-44)60(48-23-11-6-12-24-48)56-40-34-46(20-8-2-4-18-42-58)52-26-14-16-28-54(52)56/h5-6,9-16,21-40H,1-4,7-8,17-20,41-42,57-58H2. The molecule has 302 valence electrons. The molecule has 0 unspecified atom stereocenters. The lowest BCUT2D eigenvalue weighted by molar-refractivity contribution is 0.648. The van der Waals surface area contributed by atoms with Gasteiger partial charge < -0.3 is 21.3 Å². The number of anilines is 6. The second kappa shape index (κ2) is 20.2. The van der Waals surface area contributed by atoms with E-state index in [0.29, 0.717) is 0 Å². The molecule has 0 heterocycles. The van der Waals surface area contributed by atoms with Gasteiger partial charge in [-0.05, 0) is 145 Å². The lowest BCUT2D eigenvalue weighted by Gasteiger charge is -2.28. The van der Waals surface area contributed by atoms with Gasteiger partial charge in [0.05, 0.1) is 11.4 Å². The van der Waals surface area contributed by atoms with Crippen molar-refractivity contribution in [2.75, 3.05) is 22.9 Å². The van der Waals surface area contributed by atoms with E-state index < -0.39 is 0 Å². The van der Waals surface area contributed by atoms with Crippen LogP contribution in [0.1, 0.15) is 62.5 Å². The Hall–Kier alpha value is -6.20. The van der Waals surface area contributed by atoms with E-state index >= 15 is 0 Å². The molecule has 0 aromatic heterocycles. The predicted octanol–water partition coefficient (Wildman–Crippen LogP) is 14.7. The topological polar surface area (TPSA) is 58.5 Å². The quantitative estimate of drug-likeness (QED) is 0.0802. The number of rotatable bonds is 19. The van der Waals surface area contributed by atoms with Crippen molar-refractivity contribution in [2.45, 2.75) is 64.2 Å². The number of nitrogens with zero attached hydrogens (tertiary/aromatic N) is 2. The number of aryl methyl sites for hydroxylation is 2. The van der Waals surface area contributed by atoms with Gasteiger partial charge in [-0.1, -0.05) is 147 Å². The highest BCUT2D eigenvalue weighted by molar-refractivity contribution is 6.02. The maximum atomic E-state index is 5.75. The predicted molar refractivity (Wildman–Crippen MR) is 259 cm³/mol. The van der Waals surface area contributed by atoms with E-state index in [2.05, 4.69) is 192 Å². The van der Waals surface area contributed by atoms with E-state index in [1.807, 2.05) is 0 Å². The van der Waals surface area contributed by atoms with Gasteiger partial charge in [0, 0.05) is 33.5 Å². The van der Waals surface area contributed by atoms with Crippen LogP contribution in [-0.2, 0) is 12.8 Å². The summed E-state index contributed by atoms with van der Waals surface area (Å²) >= 11 is 0. The maximum absolute atomic E-state index is 5.75. The zero-order valence-electron chi connectivity index (χ0n) is 34.9. The van der Waals surface area contributed by atoms with E-state index in [1.165, 1.54) is 93.7 Å². The molecule has 4 N–H and O–H groups in total.